The quantitative estimate of drug-likeness (QED) is 0.500. The summed E-state index contributed by atoms with van der Waals surface area (Å²) in [6.07, 6.45) is 1.20. The Labute approximate surface area is 147 Å². The summed E-state index contributed by atoms with van der Waals surface area (Å²) in [5, 5.41) is 0. The summed E-state index contributed by atoms with van der Waals surface area (Å²) in [5.74, 6) is 0. The van der Waals surface area contributed by atoms with Gasteiger partial charge in [0, 0.05) is 18.6 Å². The smallest absolute Gasteiger partial charge is 0.0241 e. The average Bonchev–Trinajstić information content (AvgIpc) is 2.48. The highest BCUT2D eigenvalue weighted by Crippen LogP contribution is 2.24. The number of hydrogen-bond donors (Lipinski definition) is 0. The predicted molar refractivity (Wildman–Crippen MR) is 108 cm³/mol. The highest BCUT2D eigenvalue weighted by molar-refractivity contribution is 5.29. The Morgan fingerprint density at radius 3 is 1.52 bits per heavy atom. The first-order chi connectivity index (χ1) is 10.6. The molecule has 136 valence electrons. The van der Waals surface area contributed by atoms with Gasteiger partial charge in [0.25, 0.3) is 0 Å². The summed E-state index contributed by atoms with van der Waals surface area (Å²) in [4.78, 5) is 2.55. The van der Waals surface area contributed by atoms with Gasteiger partial charge in [-0.25, -0.2) is 0 Å². The van der Waals surface area contributed by atoms with Crippen molar-refractivity contribution in [1.82, 2.24) is 4.90 Å². The number of benzene rings is 1. The van der Waals surface area contributed by atoms with Crippen LogP contribution in [-0.4, -0.2) is 17.0 Å². The molecule has 23 heavy (non-hydrogen) atoms. The van der Waals surface area contributed by atoms with Crippen molar-refractivity contribution in [3.8, 4) is 0 Å². The highest BCUT2D eigenvalue weighted by atomic mass is 15.2. The number of fused-ring (bicyclic) bond motifs is 1. The normalized spacial score (nSPS) is 14.0. The zero-order chi connectivity index (χ0) is 18.7. The number of rotatable bonds is 0. The Kier molecular flexibility index (Phi) is 12.4. The van der Waals surface area contributed by atoms with Crippen molar-refractivity contribution in [3.05, 3.63) is 35.4 Å². The molecule has 0 saturated heterocycles. The zero-order valence-electron chi connectivity index (χ0n) is 17.9. The Bertz CT molecular complexity index is 387. The van der Waals surface area contributed by atoms with Gasteiger partial charge in [-0.15, -0.1) is 0 Å². The molecule has 0 N–H and O–H groups in total. The van der Waals surface area contributed by atoms with E-state index in [9.17, 15) is 0 Å². The minimum absolute atomic E-state index is 0.299. The molecular weight excluding hydrogens is 278 g/mol. The molecule has 1 heterocycles. The minimum atomic E-state index is 0.299. The molecule has 0 fully saturated rings. The van der Waals surface area contributed by atoms with E-state index in [2.05, 4.69) is 77.6 Å². The highest BCUT2D eigenvalue weighted by Gasteiger charge is 2.24. The molecular formula is C22H43N. The van der Waals surface area contributed by atoms with Crippen molar-refractivity contribution in [2.75, 3.05) is 6.54 Å². The lowest BCUT2D eigenvalue weighted by Gasteiger charge is -2.39. The van der Waals surface area contributed by atoms with E-state index in [1.165, 1.54) is 24.1 Å². The largest absolute Gasteiger partial charge is 0.294 e. The van der Waals surface area contributed by atoms with E-state index >= 15 is 0 Å². The maximum atomic E-state index is 2.55. The molecule has 0 unspecified atom stereocenters. The third-order valence-electron chi connectivity index (χ3n) is 3.08. The van der Waals surface area contributed by atoms with Crippen LogP contribution >= 0.6 is 0 Å². The zero-order valence-corrected chi connectivity index (χ0v) is 17.9. The summed E-state index contributed by atoms with van der Waals surface area (Å²) >= 11 is 0. The lowest BCUT2D eigenvalue weighted by atomic mass is 9.95. The fourth-order valence-electron chi connectivity index (χ4n) is 2.07. The summed E-state index contributed by atoms with van der Waals surface area (Å²) in [6.45, 7) is 25.9. The Morgan fingerprint density at radius 2 is 1.13 bits per heavy atom. The monoisotopic (exact) mass is 321 g/mol. The van der Waals surface area contributed by atoms with Crippen molar-refractivity contribution in [3.63, 3.8) is 0 Å². The third kappa shape index (κ3) is 12.3. The minimum Gasteiger partial charge on any atom is -0.294 e. The van der Waals surface area contributed by atoms with E-state index in [4.69, 9.17) is 0 Å². The Morgan fingerprint density at radius 1 is 0.739 bits per heavy atom. The second-order valence-corrected chi connectivity index (χ2v) is 8.11. The molecule has 1 aromatic carbocycles. The summed E-state index contributed by atoms with van der Waals surface area (Å²) in [7, 11) is 0. The van der Waals surface area contributed by atoms with Crippen LogP contribution < -0.4 is 0 Å². The third-order valence-corrected chi connectivity index (χ3v) is 3.08. The fourth-order valence-corrected chi connectivity index (χ4v) is 2.07. The topological polar surface area (TPSA) is 3.24 Å². The first-order valence-corrected chi connectivity index (χ1v) is 9.39. The van der Waals surface area contributed by atoms with Gasteiger partial charge in [0.15, 0.2) is 0 Å². The molecule has 1 aromatic rings. The molecule has 1 aliphatic heterocycles. The van der Waals surface area contributed by atoms with Crippen LogP contribution in [0.3, 0.4) is 0 Å². The molecule has 2 rings (SSSR count). The van der Waals surface area contributed by atoms with E-state index in [0.717, 1.165) is 6.54 Å². The first-order valence-electron chi connectivity index (χ1n) is 9.39. The molecule has 0 saturated carbocycles. The van der Waals surface area contributed by atoms with E-state index in [0.29, 0.717) is 11.0 Å². The summed E-state index contributed by atoms with van der Waals surface area (Å²) < 4.78 is 0. The van der Waals surface area contributed by atoms with Gasteiger partial charge >= 0.3 is 0 Å². The van der Waals surface area contributed by atoms with E-state index < -0.39 is 0 Å². The van der Waals surface area contributed by atoms with Gasteiger partial charge in [-0.05, 0) is 43.7 Å². The van der Waals surface area contributed by atoms with Crippen LogP contribution in [0.2, 0.25) is 0 Å². The molecule has 0 aliphatic carbocycles. The molecule has 0 aromatic heterocycles. The summed E-state index contributed by atoms with van der Waals surface area (Å²) in [5.41, 5.74) is 3.84. The van der Waals surface area contributed by atoms with Gasteiger partial charge < -0.3 is 0 Å². The van der Waals surface area contributed by atoms with Gasteiger partial charge in [-0.2, -0.15) is 0 Å². The van der Waals surface area contributed by atoms with Crippen LogP contribution in [-0.2, 0) is 13.0 Å². The Balaban J connectivity index is 0. The van der Waals surface area contributed by atoms with Gasteiger partial charge in [-0.3, -0.25) is 4.90 Å². The van der Waals surface area contributed by atoms with Crippen LogP contribution in [0, 0.1) is 5.41 Å². The maximum absolute atomic E-state index is 2.55. The van der Waals surface area contributed by atoms with E-state index in [1.807, 2.05) is 27.7 Å². The fraction of sp³-hybridized carbons (Fsp3) is 0.727. The van der Waals surface area contributed by atoms with Crippen LogP contribution in [0.4, 0.5) is 0 Å². The van der Waals surface area contributed by atoms with Crippen LogP contribution in [0.5, 0.6) is 0 Å². The van der Waals surface area contributed by atoms with Gasteiger partial charge in [0.05, 0.1) is 0 Å². The maximum Gasteiger partial charge on any atom is 0.0241 e. The Hall–Kier alpha value is -0.820. The molecule has 0 radical (unpaired) electrons. The van der Waals surface area contributed by atoms with E-state index in [-0.39, 0.29) is 0 Å². The van der Waals surface area contributed by atoms with Crippen molar-refractivity contribution < 1.29 is 0 Å². The second-order valence-electron chi connectivity index (χ2n) is 8.11. The van der Waals surface area contributed by atoms with Crippen molar-refractivity contribution in [2.24, 2.45) is 5.41 Å². The SMILES string of the molecule is CC.CC.CC(C)(C)C.CC(C)(C)N1CCc2ccccc2C1. The number of hydrogen-bond acceptors (Lipinski definition) is 1. The van der Waals surface area contributed by atoms with Crippen LogP contribution in [0.15, 0.2) is 24.3 Å². The van der Waals surface area contributed by atoms with Crippen LogP contribution in [0.25, 0.3) is 0 Å². The molecule has 1 nitrogen and oxygen atoms in total. The second kappa shape index (κ2) is 11.7. The lowest BCUT2D eigenvalue weighted by Crippen LogP contribution is -2.44. The molecule has 0 spiro atoms. The molecule has 0 atom stereocenters. The average molecular weight is 322 g/mol. The molecule has 0 amide bonds. The molecule has 1 aliphatic rings. The van der Waals surface area contributed by atoms with Gasteiger partial charge in [0.1, 0.15) is 0 Å². The van der Waals surface area contributed by atoms with Crippen molar-refractivity contribution >= 4 is 0 Å². The predicted octanol–water partition coefficient (Wildman–Crippen LogP) is 6.95. The summed E-state index contributed by atoms with van der Waals surface area (Å²) in [6, 6.07) is 8.80. The number of nitrogens with zero attached hydrogens (tertiary/aromatic N) is 1. The lowest BCUT2D eigenvalue weighted by molar-refractivity contribution is 0.121. The van der Waals surface area contributed by atoms with Gasteiger partial charge in [-0.1, -0.05) is 79.7 Å². The molecule has 0 bridgehead atoms. The first kappa shape index (κ1) is 24.4. The van der Waals surface area contributed by atoms with Crippen molar-refractivity contribution in [2.45, 2.75) is 94.7 Å². The van der Waals surface area contributed by atoms with E-state index in [1.54, 1.807) is 0 Å². The van der Waals surface area contributed by atoms with Crippen molar-refractivity contribution in [1.29, 1.82) is 0 Å². The molecule has 1 heteroatoms. The van der Waals surface area contributed by atoms with Crippen LogP contribution in [0.1, 0.15) is 87.3 Å². The van der Waals surface area contributed by atoms with Gasteiger partial charge in [0.2, 0.25) is 0 Å². The standard InChI is InChI=1S/C13H19N.C5H12.2C2H6/c1-13(2,3)14-9-8-11-6-4-5-7-12(11)10-14;1-5(2,3)4;2*1-2/h4-7H,8-10H2,1-3H3;1-4H3;2*1-2H3.